The number of nitrogens with one attached hydrogen (secondary N) is 2. The zero-order valence-corrected chi connectivity index (χ0v) is 16.4. The van der Waals surface area contributed by atoms with Gasteiger partial charge < -0.3 is 20.1 Å². The van der Waals surface area contributed by atoms with Gasteiger partial charge in [0.05, 0.1) is 0 Å². The SMILES string of the molecule is CC(C)(CNC(=O)C1CC12CCNCC2)c1ccc2c(c1)OCCO2.Cl. The van der Waals surface area contributed by atoms with Gasteiger partial charge in [-0.05, 0) is 55.5 Å². The minimum Gasteiger partial charge on any atom is -0.486 e. The van der Waals surface area contributed by atoms with Crippen LogP contribution in [0.15, 0.2) is 18.2 Å². The van der Waals surface area contributed by atoms with Crippen molar-refractivity contribution in [3.05, 3.63) is 23.8 Å². The van der Waals surface area contributed by atoms with E-state index >= 15 is 0 Å². The van der Waals surface area contributed by atoms with Gasteiger partial charge in [0, 0.05) is 17.9 Å². The number of carbonyl (C=O) groups excluding carboxylic acids is 1. The summed E-state index contributed by atoms with van der Waals surface area (Å²) in [5.74, 6) is 2.05. The van der Waals surface area contributed by atoms with Crippen LogP contribution in [0.4, 0.5) is 0 Å². The first-order valence-electron chi connectivity index (χ1n) is 9.39. The van der Waals surface area contributed by atoms with Gasteiger partial charge in [0.2, 0.25) is 5.91 Å². The molecule has 3 aliphatic rings. The molecule has 1 amide bonds. The second-order valence-corrected chi connectivity index (χ2v) is 8.33. The van der Waals surface area contributed by atoms with E-state index in [9.17, 15) is 4.79 Å². The third kappa shape index (κ3) is 3.65. The summed E-state index contributed by atoms with van der Waals surface area (Å²) in [5.41, 5.74) is 1.29. The number of fused-ring (bicyclic) bond motifs is 1. The molecular formula is C20H29ClN2O3. The Morgan fingerprint density at radius 3 is 2.65 bits per heavy atom. The molecule has 144 valence electrons. The fraction of sp³-hybridized carbons (Fsp3) is 0.650. The first-order valence-corrected chi connectivity index (χ1v) is 9.39. The van der Waals surface area contributed by atoms with Crippen molar-refractivity contribution in [3.63, 3.8) is 0 Å². The molecule has 2 N–H and O–H groups in total. The molecule has 2 heterocycles. The topological polar surface area (TPSA) is 59.6 Å². The summed E-state index contributed by atoms with van der Waals surface area (Å²) in [4.78, 5) is 12.6. The van der Waals surface area contributed by atoms with Crippen molar-refractivity contribution < 1.29 is 14.3 Å². The zero-order valence-electron chi connectivity index (χ0n) is 15.6. The monoisotopic (exact) mass is 380 g/mol. The second kappa shape index (κ2) is 7.28. The van der Waals surface area contributed by atoms with Gasteiger partial charge >= 0.3 is 0 Å². The molecule has 1 aromatic rings. The number of hydrogen-bond acceptors (Lipinski definition) is 4. The van der Waals surface area contributed by atoms with E-state index in [1.54, 1.807) is 0 Å². The summed E-state index contributed by atoms with van der Waals surface area (Å²) < 4.78 is 11.3. The first kappa shape index (κ1) is 19.3. The number of amides is 1. The molecule has 4 rings (SSSR count). The van der Waals surface area contributed by atoms with Crippen molar-refractivity contribution >= 4 is 18.3 Å². The average molecular weight is 381 g/mol. The van der Waals surface area contributed by atoms with Crippen LogP contribution in [0.3, 0.4) is 0 Å². The second-order valence-electron chi connectivity index (χ2n) is 8.33. The van der Waals surface area contributed by atoms with Crippen molar-refractivity contribution in [2.45, 2.75) is 38.5 Å². The fourth-order valence-electron chi connectivity index (χ4n) is 4.19. The van der Waals surface area contributed by atoms with Gasteiger partial charge in [0.15, 0.2) is 11.5 Å². The highest BCUT2D eigenvalue weighted by molar-refractivity contribution is 5.85. The molecule has 1 aromatic carbocycles. The molecule has 1 unspecified atom stereocenters. The number of hydrogen-bond donors (Lipinski definition) is 2. The van der Waals surface area contributed by atoms with Crippen LogP contribution >= 0.6 is 12.4 Å². The van der Waals surface area contributed by atoms with Crippen molar-refractivity contribution in [1.82, 2.24) is 10.6 Å². The lowest BCUT2D eigenvalue weighted by atomic mass is 9.84. The van der Waals surface area contributed by atoms with Crippen LogP contribution in [-0.4, -0.2) is 38.8 Å². The van der Waals surface area contributed by atoms with Gasteiger partial charge in [-0.1, -0.05) is 19.9 Å². The molecule has 1 aliphatic carbocycles. The highest BCUT2D eigenvalue weighted by atomic mass is 35.5. The highest BCUT2D eigenvalue weighted by Crippen LogP contribution is 2.58. The van der Waals surface area contributed by atoms with E-state index < -0.39 is 0 Å². The third-order valence-electron chi connectivity index (χ3n) is 6.13. The van der Waals surface area contributed by atoms with Crippen molar-refractivity contribution in [2.75, 3.05) is 32.8 Å². The predicted octanol–water partition coefficient (Wildman–Crippen LogP) is 2.66. The predicted molar refractivity (Wildman–Crippen MR) is 103 cm³/mol. The highest BCUT2D eigenvalue weighted by Gasteiger charge is 2.57. The van der Waals surface area contributed by atoms with E-state index in [2.05, 4.69) is 30.5 Å². The van der Waals surface area contributed by atoms with E-state index in [0.717, 1.165) is 49.4 Å². The van der Waals surface area contributed by atoms with Crippen LogP contribution in [-0.2, 0) is 10.2 Å². The molecule has 2 aliphatic heterocycles. The van der Waals surface area contributed by atoms with Gasteiger partial charge in [0.1, 0.15) is 13.2 Å². The molecule has 1 saturated carbocycles. The summed E-state index contributed by atoms with van der Waals surface area (Å²) in [7, 11) is 0. The van der Waals surface area contributed by atoms with E-state index in [1.165, 1.54) is 0 Å². The Kier molecular flexibility index (Phi) is 5.40. The van der Waals surface area contributed by atoms with Crippen LogP contribution < -0.4 is 20.1 Å². The Morgan fingerprint density at radius 2 is 1.92 bits per heavy atom. The van der Waals surface area contributed by atoms with E-state index in [1.807, 2.05) is 12.1 Å². The van der Waals surface area contributed by atoms with Gasteiger partial charge in [-0.25, -0.2) is 0 Å². The maximum Gasteiger partial charge on any atom is 0.223 e. The quantitative estimate of drug-likeness (QED) is 0.843. The van der Waals surface area contributed by atoms with Crippen LogP contribution in [0, 0.1) is 11.3 Å². The molecule has 5 nitrogen and oxygen atoms in total. The van der Waals surface area contributed by atoms with Gasteiger partial charge in [-0.2, -0.15) is 0 Å². The number of rotatable bonds is 4. The number of piperidine rings is 1. The Morgan fingerprint density at radius 1 is 1.23 bits per heavy atom. The molecule has 6 heteroatoms. The Balaban J connectivity index is 0.00000196. The number of carbonyl (C=O) groups is 1. The fourth-order valence-corrected chi connectivity index (χ4v) is 4.19. The normalized spacial score (nSPS) is 23.1. The lowest BCUT2D eigenvalue weighted by molar-refractivity contribution is -0.123. The van der Waals surface area contributed by atoms with Crippen molar-refractivity contribution in [3.8, 4) is 11.5 Å². The minimum atomic E-state index is -0.151. The summed E-state index contributed by atoms with van der Waals surface area (Å²) in [6, 6.07) is 6.09. The van der Waals surface area contributed by atoms with E-state index in [4.69, 9.17) is 9.47 Å². The molecule has 1 spiro atoms. The summed E-state index contributed by atoms with van der Waals surface area (Å²) in [6.07, 6.45) is 3.33. The average Bonchev–Trinajstić information content (AvgIpc) is 3.33. The first-order chi connectivity index (χ1) is 12.0. The van der Waals surface area contributed by atoms with Gasteiger partial charge in [-0.3, -0.25) is 4.79 Å². The van der Waals surface area contributed by atoms with Crippen LogP contribution in [0.2, 0.25) is 0 Å². The van der Waals surface area contributed by atoms with Crippen LogP contribution in [0.25, 0.3) is 0 Å². The lowest BCUT2D eigenvalue weighted by Crippen LogP contribution is -2.39. The summed E-state index contributed by atoms with van der Waals surface area (Å²) >= 11 is 0. The van der Waals surface area contributed by atoms with Crippen molar-refractivity contribution in [1.29, 1.82) is 0 Å². The maximum atomic E-state index is 12.6. The van der Waals surface area contributed by atoms with Crippen LogP contribution in [0.5, 0.6) is 11.5 Å². The molecule has 0 radical (unpaired) electrons. The van der Waals surface area contributed by atoms with Gasteiger partial charge in [0.25, 0.3) is 0 Å². The largest absolute Gasteiger partial charge is 0.486 e. The summed E-state index contributed by atoms with van der Waals surface area (Å²) in [6.45, 7) is 8.24. The molecule has 26 heavy (non-hydrogen) atoms. The number of halogens is 1. The maximum absolute atomic E-state index is 12.6. The molecule has 0 aromatic heterocycles. The van der Waals surface area contributed by atoms with Crippen molar-refractivity contribution in [2.24, 2.45) is 11.3 Å². The van der Waals surface area contributed by atoms with E-state index in [-0.39, 0.29) is 35.1 Å². The lowest BCUT2D eigenvalue weighted by Gasteiger charge is -2.28. The molecule has 0 bridgehead atoms. The molecular weight excluding hydrogens is 352 g/mol. The summed E-state index contributed by atoms with van der Waals surface area (Å²) in [5, 5.41) is 6.59. The molecule has 2 fully saturated rings. The Labute approximate surface area is 161 Å². The Bertz CT molecular complexity index is 671. The number of benzene rings is 1. The smallest absolute Gasteiger partial charge is 0.223 e. The minimum absolute atomic E-state index is 0. The standard InChI is InChI=1S/C20H28N2O3.ClH/c1-19(2,14-3-4-16-17(11-14)25-10-9-24-16)13-22-18(23)15-12-20(15)5-7-21-8-6-20;/h3-4,11,15,21H,5-10,12-13H2,1-2H3,(H,22,23);1H. The molecule has 1 atom stereocenters. The third-order valence-corrected chi connectivity index (χ3v) is 6.13. The zero-order chi connectivity index (χ0) is 17.5. The number of ether oxygens (including phenoxy) is 2. The Hall–Kier alpha value is -1.46. The molecule has 1 saturated heterocycles. The van der Waals surface area contributed by atoms with Crippen LogP contribution in [0.1, 0.15) is 38.7 Å². The van der Waals surface area contributed by atoms with E-state index in [0.29, 0.717) is 19.8 Å². The van der Waals surface area contributed by atoms with Gasteiger partial charge in [-0.15, -0.1) is 12.4 Å².